The van der Waals surface area contributed by atoms with Gasteiger partial charge in [0.1, 0.15) is 0 Å². The molecule has 0 aliphatic carbocycles. The zero-order chi connectivity index (χ0) is 16.9. The van der Waals surface area contributed by atoms with Gasteiger partial charge < -0.3 is 14.9 Å². The molecular weight excluding hydrogens is 288 g/mol. The first-order valence-electron chi connectivity index (χ1n) is 8.37. The average molecular weight is 316 g/mol. The van der Waals surface area contributed by atoms with Crippen LogP contribution in [0.4, 0.5) is 5.69 Å². The van der Waals surface area contributed by atoms with Crippen LogP contribution in [0, 0.1) is 0 Å². The minimum absolute atomic E-state index is 0.152. The molecule has 1 aromatic carbocycles. The second-order valence-corrected chi connectivity index (χ2v) is 6.89. The maximum Gasteiger partial charge on any atom is 0.246 e. The zero-order valence-corrected chi connectivity index (χ0v) is 14.3. The highest BCUT2D eigenvalue weighted by Crippen LogP contribution is 2.25. The maximum absolute atomic E-state index is 12.2. The molecular formula is C19H28N2O2. The molecule has 1 aliphatic heterocycles. The van der Waals surface area contributed by atoms with Gasteiger partial charge in [0.15, 0.2) is 0 Å². The third kappa shape index (κ3) is 5.10. The lowest BCUT2D eigenvalue weighted by atomic mass is 10.1. The Labute approximate surface area is 139 Å². The fraction of sp³-hybridized carbons (Fsp3) is 0.526. The first kappa shape index (κ1) is 17.5. The number of benzene rings is 1. The summed E-state index contributed by atoms with van der Waals surface area (Å²) in [7, 11) is 0. The van der Waals surface area contributed by atoms with Crippen molar-refractivity contribution < 1.29 is 9.90 Å². The Balaban J connectivity index is 2.22. The van der Waals surface area contributed by atoms with Gasteiger partial charge >= 0.3 is 0 Å². The topological polar surface area (TPSA) is 43.8 Å². The molecule has 1 aliphatic rings. The summed E-state index contributed by atoms with van der Waals surface area (Å²) in [6.07, 6.45) is 5.04. The van der Waals surface area contributed by atoms with Gasteiger partial charge in [-0.2, -0.15) is 0 Å². The van der Waals surface area contributed by atoms with Crippen molar-refractivity contribution in [3.63, 3.8) is 0 Å². The third-order valence-electron chi connectivity index (χ3n) is 4.11. The smallest absolute Gasteiger partial charge is 0.246 e. The Bertz CT molecular complexity index is 543. The highest BCUT2D eigenvalue weighted by atomic mass is 16.3. The molecule has 2 rings (SSSR count). The molecule has 1 saturated heterocycles. The molecule has 0 bridgehead atoms. The molecule has 1 N–H and O–H groups in total. The monoisotopic (exact) mass is 316 g/mol. The van der Waals surface area contributed by atoms with Gasteiger partial charge in [-0.1, -0.05) is 24.8 Å². The molecule has 0 spiro atoms. The fourth-order valence-electron chi connectivity index (χ4n) is 3.10. The van der Waals surface area contributed by atoms with Crippen LogP contribution < -0.4 is 4.90 Å². The lowest BCUT2D eigenvalue weighted by molar-refractivity contribution is -0.129. The van der Waals surface area contributed by atoms with E-state index in [0.29, 0.717) is 6.54 Å². The van der Waals surface area contributed by atoms with Gasteiger partial charge in [-0.3, -0.25) is 4.79 Å². The Morgan fingerprint density at radius 3 is 2.57 bits per heavy atom. The van der Waals surface area contributed by atoms with E-state index in [0.717, 1.165) is 18.7 Å². The zero-order valence-electron chi connectivity index (χ0n) is 14.3. The van der Waals surface area contributed by atoms with Gasteiger partial charge in [0.05, 0.1) is 5.60 Å². The van der Waals surface area contributed by atoms with Crippen molar-refractivity contribution in [1.82, 2.24) is 4.90 Å². The summed E-state index contributed by atoms with van der Waals surface area (Å²) >= 11 is 0. The summed E-state index contributed by atoms with van der Waals surface area (Å²) in [5.41, 5.74) is 1.39. The van der Waals surface area contributed by atoms with Crippen LogP contribution in [0.3, 0.4) is 0 Å². The molecule has 0 aromatic heterocycles. The van der Waals surface area contributed by atoms with E-state index >= 15 is 0 Å². The van der Waals surface area contributed by atoms with Crippen LogP contribution >= 0.6 is 0 Å². The van der Waals surface area contributed by atoms with Crippen molar-refractivity contribution in [1.29, 1.82) is 0 Å². The van der Waals surface area contributed by atoms with Gasteiger partial charge in [0, 0.05) is 31.9 Å². The highest BCUT2D eigenvalue weighted by Gasteiger charge is 2.23. The average Bonchev–Trinajstić information content (AvgIpc) is 2.53. The molecule has 126 valence electrons. The van der Waals surface area contributed by atoms with Crippen LogP contribution in [0.1, 0.15) is 38.7 Å². The summed E-state index contributed by atoms with van der Waals surface area (Å²) in [5.74, 6) is -0.152. The van der Waals surface area contributed by atoms with Crippen molar-refractivity contribution in [3.8, 4) is 0 Å². The molecule has 1 aromatic rings. The fourth-order valence-corrected chi connectivity index (χ4v) is 3.10. The number of rotatable bonds is 6. The number of anilines is 1. The van der Waals surface area contributed by atoms with Crippen molar-refractivity contribution in [2.45, 2.75) is 45.3 Å². The molecule has 0 radical (unpaired) electrons. The van der Waals surface area contributed by atoms with E-state index in [2.05, 4.69) is 23.6 Å². The minimum Gasteiger partial charge on any atom is -0.389 e. The number of amides is 1. The lowest BCUT2D eigenvalue weighted by Crippen LogP contribution is -2.41. The predicted molar refractivity (Wildman–Crippen MR) is 94.4 cm³/mol. The van der Waals surface area contributed by atoms with Gasteiger partial charge in [0.2, 0.25) is 5.91 Å². The van der Waals surface area contributed by atoms with E-state index in [1.165, 1.54) is 31.0 Å². The Morgan fingerprint density at radius 2 is 1.96 bits per heavy atom. The SMILES string of the molecule is C=CC(=O)N(Cc1ccccc1N1CCCCC1)CC(C)(C)O. The first-order chi connectivity index (χ1) is 10.9. The molecule has 4 heteroatoms. The van der Waals surface area contributed by atoms with E-state index in [-0.39, 0.29) is 12.5 Å². The summed E-state index contributed by atoms with van der Waals surface area (Å²) < 4.78 is 0. The van der Waals surface area contributed by atoms with Crippen molar-refractivity contribution in [2.75, 3.05) is 24.5 Å². The van der Waals surface area contributed by atoms with Gasteiger partial charge in [-0.25, -0.2) is 0 Å². The van der Waals surface area contributed by atoms with E-state index in [1.807, 2.05) is 12.1 Å². The number of para-hydroxylation sites is 1. The minimum atomic E-state index is -0.932. The van der Waals surface area contributed by atoms with E-state index in [4.69, 9.17) is 0 Å². The number of piperidine rings is 1. The normalized spacial score (nSPS) is 15.3. The largest absolute Gasteiger partial charge is 0.389 e. The molecule has 0 unspecified atom stereocenters. The number of carbonyl (C=O) groups is 1. The summed E-state index contributed by atoms with van der Waals surface area (Å²) in [6, 6.07) is 8.24. The Hall–Kier alpha value is -1.81. The molecule has 4 nitrogen and oxygen atoms in total. The Kier molecular flexibility index (Phi) is 5.83. The quantitative estimate of drug-likeness (QED) is 0.821. The molecule has 1 heterocycles. The van der Waals surface area contributed by atoms with Crippen LogP contribution in [0.5, 0.6) is 0 Å². The van der Waals surface area contributed by atoms with Crippen molar-refractivity contribution >= 4 is 11.6 Å². The number of nitrogens with zero attached hydrogens (tertiary/aromatic N) is 2. The number of hydrogen-bond donors (Lipinski definition) is 1. The molecule has 0 saturated carbocycles. The Morgan fingerprint density at radius 1 is 1.30 bits per heavy atom. The van der Waals surface area contributed by atoms with Crippen molar-refractivity contribution in [3.05, 3.63) is 42.5 Å². The number of hydrogen-bond acceptors (Lipinski definition) is 3. The predicted octanol–water partition coefficient (Wildman–Crippen LogP) is 2.96. The molecule has 1 amide bonds. The second kappa shape index (κ2) is 7.64. The summed E-state index contributed by atoms with van der Waals surface area (Å²) in [5, 5.41) is 10.1. The van der Waals surface area contributed by atoms with E-state index < -0.39 is 5.60 Å². The lowest BCUT2D eigenvalue weighted by Gasteiger charge is -2.33. The summed E-state index contributed by atoms with van der Waals surface area (Å²) in [6.45, 7) is 9.92. The summed E-state index contributed by atoms with van der Waals surface area (Å²) in [4.78, 5) is 16.2. The van der Waals surface area contributed by atoms with Gasteiger partial charge in [0.25, 0.3) is 0 Å². The second-order valence-electron chi connectivity index (χ2n) is 6.89. The van der Waals surface area contributed by atoms with Crippen LogP contribution in [0.15, 0.2) is 36.9 Å². The van der Waals surface area contributed by atoms with Crippen LogP contribution in [-0.4, -0.2) is 41.1 Å². The third-order valence-corrected chi connectivity index (χ3v) is 4.11. The van der Waals surface area contributed by atoms with E-state index in [1.54, 1.807) is 18.7 Å². The van der Waals surface area contributed by atoms with Crippen LogP contribution in [0.25, 0.3) is 0 Å². The molecule has 23 heavy (non-hydrogen) atoms. The van der Waals surface area contributed by atoms with Crippen molar-refractivity contribution in [2.24, 2.45) is 0 Å². The first-order valence-corrected chi connectivity index (χ1v) is 8.37. The van der Waals surface area contributed by atoms with Crippen LogP contribution in [-0.2, 0) is 11.3 Å². The van der Waals surface area contributed by atoms with E-state index in [9.17, 15) is 9.90 Å². The molecule has 1 fully saturated rings. The maximum atomic E-state index is 12.2. The van der Waals surface area contributed by atoms with Crippen LogP contribution in [0.2, 0.25) is 0 Å². The standard InChI is InChI=1S/C19H28N2O2/c1-4-18(22)21(15-19(2,3)23)14-16-10-6-7-11-17(16)20-12-8-5-9-13-20/h4,6-7,10-11,23H,1,5,8-9,12-15H2,2-3H3. The highest BCUT2D eigenvalue weighted by molar-refractivity contribution is 5.87. The molecule has 0 atom stereocenters. The number of carbonyl (C=O) groups excluding carboxylic acids is 1. The van der Waals surface area contributed by atoms with Gasteiger partial charge in [-0.05, 0) is 50.8 Å². The van der Waals surface area contributed by atoms with Gasteiger partial charge in [-0.15, -0.1) is 0 Å². The number of aliphatic hydroxyl groups is 1.